The molecule has 0 aliphatic carbocycles. The molecule has 3 rings (SSSR count). The van der Waals surface area contributed by atoms with E-state index in [9.17, 15) is 18.4 Å². The fourth-order valence-corrected chi connectivity index (χ4v) is 3.20. The molecule has 1 heterocycles. The van der Waals surface area contributed by atoms with Gasteiger partial charge in [-0.05, 0) is 24.3 Å². The number of piperazine rings is 1. The molecular weight excluding hydrogens is 376 g/mol. The summed E-state index contributed by atoms with van der Waals surface area (Å²) >= 11 is 6.03. The number of para-hydroxylation sites is 1. The second-order valence-electron chi connectivity index (χ2n) is 6.37. The lowest BCUT2D eigenvalue weighted by atomic mass is 10.1. The number of hydrogen-bond donors (Lipinski definition) is 2. The molecular formula is C19H19ClF2N3O2+. The number of amides is 2. The van der Waals surface area contributed by atoms with Crippen LogP contribution in [0.2, 0.25) is 5.02 Å². The van der Waals surface area contributed by atoms with Crippen molar-refractivity contribution in [3.05, 3.63) is 64.7 Å². The molecule has 0 bridgehead atoms. The number of rotatable bonds is 4. The topological polar surface area (TPSA) is 53.9 Å². The van der Waals surface area contributed by atoms with Crippen LogP contribution in [0.3, 0.4) is 0 Å². The molecule has 5 nitrogen and oxygen atoms in total. The highest BCUT2D eigenvalue weighted by atomic mass is 35.5. The first-order valence-electron chi connectivity index (χ1n) is 8.56. The number of benzene rings is 2. The Morgan fingerprint density at radius 3 is 2.48 bits per heavy atom. The van der Waals surface area contributed by atoms with Gasteiger partial charge in [-0.1, -0.05) is 23.7 Å². The molecule has 1 saturated heterocycles. The highest BCUT2D eigenvalue weighted by Crippen LogP contribution is 2.20. The number of anilines is 1. The van der Waals surface area contributed by atoms with Crippen LogP contribution in [-0.2, 0) is 4.79 Å². The largest absolute Gasteiger partial charge is 0.327 e. The maximum absolute atomic E-state index is 13.8. The summed E-state index contributed by atoms with van der Waals surface area (Å²) in [5.41, 5.74) is 0.417. The Bertz CT molecular complexity index is 855. The summed E-state index contributed by atoms with van der Waals surface area (Å²) in [5.74, 6) is -2.22. The quantitative estimate of drug-likeness (QED) is 0.827. The van der Waals surface area contributed by atoms with E-state index < -0.39 is 17.5 Å². The summed E-state index contributed by atoms with van der Waals surface area (Å²) in [6, 6.07) is 9.91. The van der Waals surface area contributed by atoms with Crippen LogP contribution in [-0.4, -0.2) is 49.4 Å². The van der Waals surface area contributed by atoms with Gasteiger partial charge in [0, 0.05) is 6.07 Å². The monoisotopic (exact) mass is 394 g/mol. The van der Waals surface area contributed by atoms with Gasteiger partial charge in [-0.15, -0.1) is 0 Å². The molecule has 2 aromatic rings. The van der Waals surface area contributed by atoms with Crippen LogP contribution >= 0.6 is 11.6 Å². The molecule has 27 heavy (non-hydrogen) atoms. The van der Waals surface area contributed by atoms with E-state index in [1.807, 2.05) is 0 Å². The molecule has 142 valence electrons. The van der Waals surface area contributed by atoms with Gasteiger partial charge >= 0.3 is 0 Å². The summed E-state index contributed by atoms with van der Waals surface area (Å²) in [7, 11) is 0. The zero-order chi connectivity index (χ0) is 19.4. The summed E-state index contributed by atoms with van der Waals surface area (Å²) in [4.78, 5) is 27.1. The molecule has 2 aromatic carbocycles. The van der Waals surface area contributed by atoms with Crippen LogP contribution in [0, 0.1) is 11.6 Å². The van der Waals surface area contributed by atoms with Gasteiger partial charge in [-0.3, -0.25) is 9.59 Å². The van der Waals surface area contributed by atoms with Gasteiger partial charge in [0.1, 0.15) is 11.6 Å². The van der Waals surface area contributed by atoms with E-state index in [4.69, 9.17) is 11.6 Å². The van der Waals surface area contributed by atoms with E-state index in [0.717, 1.165) is 17.0 Å². The second kappa shape index (κ2) is 8.45. The number of carbonyl (C=O) groups is 2. The van der Waals surface area contributed by atoms with Gasteiger partial charge in [0.05, 0.1) is 42.5 Å². The smallest absolute Gasteiger partial charge is 0.279 e. The third-order valence-corrected chi connectivity index (χ3v) is 4.81. The van der Waals surface area contributed by atoms with Crippen molar-refractivity contribution in [3.8, 4) is 0 Å². The molecule has 0 unspecified atom stereocenters. The standard InChI is InChI=1S/C19H18ClF2N3O2/c20-15-3-1-2-4-17(15)23-18(26)12-24-7-9-25(10-8-24)19(27)14-6-5-13(21)11-16(14)22/h1-6,11H,7-10,12H2,(H,23,26)/p+1. The maximum Gasteiger partial charge on any atom is 0.279 e. The van der Waals surface area contributed by atoms with Gasteiger partial charge in [0.2, 0.25) is 0 Å². The number of nitrogens with zero attached hydrogens (tertiary/aromatic N) is 1. The normalized spacial score (nSPS) is 14.9. The minimum Gasteiger partial charge on any atom is -0.327 e. The third-order valence-electron chi connectivity index (χ3n) is 4.48. The molecule has 0 radical (unpaired) electrons. The van der Waals surface area contributed by atoms with Crippen molar-refractivity contribution in [1.29, 1.82) is 0 Å². The summed E-state index contributed by atoms with van der Waals surface area (Å²) < 4.78 is 26.8. The molecule has 8 heteroatoms. The van der Waals surface area contributed by atoms with E-state index in [-0.39, 0.29) is 18.0 Å². The van der Waals surface area contributed by atoms with Crippen LogP contribution in [0.15, 0.2) is 42.5 Å². The molecule has 0 spiro atoms. The Hall–Kier alpha value is -2.51. The van der Waals surface area contributed by atoms with E-state index in [1.165, 1.54) is 4.90 Å². The number of hydrogen-bond acceptors (Lipinski definition) is 2. The predicted molar refractivity (Wildman–Crippen MR) is 97.9 cm³/mol. The number of halogens is 3. The first-order valence-corrected chi connectivity index (χ1v) is 8.94. The molecule has 0 aromatic heterocycles. The number of carbonyl (C=O) groups excluding carboxylic acids is 2. The second-order valence-corrected chi connectivity index (χ2v) is 6.78. The van der Waals surface area contributed by atoms with Crippen molar-refractivity contribution in [2.24, 2.45) is 0 Å². The lowest BCUT2D eigenvalue weighted by molar-refractivity contribution is -0.895. The maximum atomic E-state index is 13.8. The number of nitrogens with one attached hydrogen (secondary N) is 2. The summed E-state index contributed by atoms with van der Waals surface area (Å²) in [6.45, 7) is 2.15. The fraction of sp³-hybridized carbons (Fsp3) is 0.263. The Morgan fingerprint density at radius 2 is 1.81 bits per heavy atom. The van der Waals surface area contributed by atoms with Crippen molar-refractivity contribution in [1.82, 2.24) is 4.90 Å². The first kappa shape index (κ1) is 19.3. The lowest BCUT2D eigenvalue weighted by Gasteiger charge is -2.32. The van der Waals surface area contributed by atoms with Crippen molar-refractivity contribution in [2.45, 2.75) is 0 Å². The van der Waals surface area contributed by atoms with Gasteiger partial charge in [0.15, 0.2) is 6.54 Å². The SMILES string of the molecule is O=C(C[NH+]1CCN(C(=O)c2ccc(F)cc2F)CC1)Nc1ccccc1Cl. The fourth-order valence-electron chi connectivity index (χ4n) is 3.02. The minimum atomic E-state index is -0.867. The average Bonchev–Trinajstić information content (AvgIpc) is 2.64. The Kier molecular flexibility index (Phi) is 6.03. The van der Waals surface area contributed by atoms with Crippen molar-refractivity contribution in [2.75, 3.05) is 38.0 Å². The zero-order valence-electron chi connectivity index (χ0n) is 14.5. The predicted octanol–water partition coefficient (Wildman–Crippen LogP) is 1.60. The van der Waals surface area contributed by atoms with Gasteiger partial charge in [0.25, 0.3) is 11.8 Å². The summed E-state index contributed by atoms with van der Waals surface area (Å²) in [5, 5.41) is 3.24. The van der Waals surface area contributed by atoms with Gasteiger partial charge in [-0.25, -0.2) is 8.78 Å². The molecule has 0 atom stereocenters. The Morgan fingerprint density at radius 1 is 1.11 bits per heavy atom. The lowest BCUT2D eigenvalue weighted by Crippen LogP contribution is -3.15. The van der Waals surface area contributed by atoms with Gasteiger partial charge in [-0.2, -0.15) is 0 Å². The number of quaternary nitrogens is 1. The van der Waals surface area contributed by atoms with Crippen LogP contribution in [0.1, 0.15) is 10.4 Å². The Balaban J connectivity index is 1.52. The van der Waals surface area contributed by atoms with Gasteiger partial charge < -0.3 is 15.1 Å². The molecule has 1 aliphatic heterocycles. The Labute approximate surface area is 160 Å². The van der Waals surface area contributed by atoms with E-state index in [0.29, 0.717) is 43.0 Å². The minimum absolute atomic E-state index is 0.142. The van der Waals surface area contributed by atoms with E-state index in [1.54, 1.807) is 24.3 Å². The van der Waals surface area contributed by atoms with Crippen molar-refractivity contribution < 1.29 is 23.3 Å². The first-order chi connectivity index (χ1) is 12.9. The van der Waals surface area contributed by atoms with E-state index in [2.05, 4.69) is 5.32 Å². The van der Waals surface area contributed by atoms with E-state index >= 15 is 0 Å². The highest BCUT2D eigenvalue weighted by molar-refractivity contribution is 6.33. The van der Waals surface area contributed by atoms with Crippen LogP contribution in [0.4, 0.5) is 14.5 Å². The molecule has 2 N–H and O–H groups in total. The van der Waals surface area contributed by atoms with Crippen LogP contribution < -0.4 is 10.2 Å². The van der Waals surface area contributed by atoms with Crippen molar-refractivity contribution in [3.63, 3.8) is 0 Å². The molecule has 1 aliphatic rings. The van der Waals surface area contributed by atoms with Crippen molar-refractivity contribution >= 4 is 29.1 Å². The molecule has 0 saturated carbocycles. The third kappa shape index (κ3) is 4.81. The summed E-state index contributed by atoms with van der Waals surface area (Å²) in [6.07, 6.45) is 0. The zero-order valence-corrected chi connectivity index (χ0v) is 15.2. The molecule has 2 amide bonds. The van der Waals surface area contributed by atoms with Crippen LogP contribution in [0.25, 0.3) is 0 Å². The average molecular weight is 395 g/mol. The van der Waals surface area contributed by atoms with Crippen LogP contribution in [0.5, 0.6) is 0 Å². The highest BCUT2D eigenvalue weighted by Gasteiger charge is 2.27. The molecule has 1 fully saturated rings.